The molecular formula is H3F6KP2. The standard InChI is InChI=1S/F6P.K.H3P/c1-7(2,3,4,5)6;;/h;;1H3/q-1;+1;. The second-order valence-electron chi connectivity index (χ2n) is 0.958. The van der Waals surface area contributed by atoms with Crippen LogP contribution in [0.1, 0.15) is 0 Å². The fourth-order valence-electron chi connectivity index (χ4n) is 0. The molecule has 0 N–H and O–H groups in total. The topological polar surface area (TPSA) is 0 Å². The smallest absolute Gasteiger partial charge is 0.153 e. The van der Waals surface area contributed by atoms with E-state index in [-0.39, 0.29) is 61.3 Å². The summed E-state index contributed by atoms with van der Waals surface area (Å²) in [5.74, 6) is 0. The summed E-state index contributed by atoms with van der Waals surface area (Å²) in [6, 6.07) is 0. The van der Waals surface area contributed by atoms with E-state index in [1.54, 1.807) is 0 Å². The minimum Gasteiger partial charge on any atom is -0.153 e. The molecule has 0 rings (SSSR count). The largest absolute Gasteiger partial charge is 1.00 e. The minimum atomic E-state index is -10.7. The second-order valence-corrected chi connectivity index (χ2v) is 2.87. The van der Waals surface area contributed by atoms with Gasteiger partial charge in [-0.2, -0.15) is 9.90 Å². The van der Waals surface area contributed by atoms with Crippen LogP contribution in [0.2, 0.25) is 0 Å². The summed E-state index contributed by atoms with van der Waals surface area (Å²) >= 11 is 0. The van der Waals surface area contributed by atoms with Crippen LogP contribution in [-0.2, 0) is 0 Å². The van der Waals surface area contributed by atoms with Gasteiger partial charge in [0, 0.05) is 0 Å². The molecular weight excluding hydrogens is 215 g/mol. The predicted octanol–water partition coefficient (Wildman–Crippen LogP) is 0.444. The van der Waals surface area contributed by atoms with Crippen molar-refractivity contribution in [2.45, 2.75) is 0 Å². The van der Waals surface area contributed by atoms with Crippen LogP contribution in [0.5, 0.6) is 0 Å². The molecule has 0 nitrogen and oxygen atoms in total. The van der Waals surface area contributed by atoms with Crippen molar-refractivity contribution in [1.82, 2.24) is 0 Å². The summed E-state index contributed by atoms with van der Waals surface area (Å²) in [5, 5.41) is 0. The van der Waals surface area contributed by atoms with Crippen LogP contribution < -0.4 is 51.4 Å². The van der Waals surface area contributed by atoms with Gasteiger partial charge in [-0.05, 0) is 0 Å². The van der Waals surface area contributed by atoms with E-state index < -0.39 is 7.81 Å². The van der Waals surface area contributed by atoms with Crippen LogP contribution in [0.3, 0.4) is 0 Å². The molecule has 1 atom stereocenters. The number of hydrogen-bond acceptors (Lipinski definition) is 0. The van der Waals surface area contributed by atoms with E-state index in [0.717, 1.165) is 0 Å². The Kier molecular flexibility index (Phi) is 5.45. The SMILES string of the molecule is F[P-](F)(F)(F)(F)F.P.[K+]. The molecule has 0 aliphatic rings. The molecule has 0 heterocycles. The van der Waals surface area contributed by atoms with E-state index in [4.69, 9.17) is 0 Å². The quantitative estimate of drug-likeness (QED) is 0.314. The van der Waals surface area contributed by atoms with Crippen molar-refractivity contribution >= 4 is 17.7 Å². The third-order valence-corrected chi connectivity index (χ3v) is 0. The van der Waals surface area contributed by atoms with Crippen LogP contribution in [0.15, 0.2) is 0 Å². The monoisotopic (exact) mass is 218 g/mol. The normalized spacial score (nSPS) is 18.0. The summed E-state index contributed by atoms with van der Waals surface area (Å²) < 4.78 is 59.2. The van der Waals surface area contributed by atoms with E-state index >= 15 is 0 Å². The maximum Gasteiger partial charge on any atom is 1.00 e. The Hall–Kier alpha value is 2.08. The molecule has 0 fully saturated rings. The van der Waals surface area contributed by atoms with Gasteiger partial charge < -0.3 is 0 Å². The Bertz CT molecular complexity index is 69.6. The Balaban J connectivity index is -0.000000180. The van der Waals surface area contributed by atoms with E-state index in [0.29, 0.717) is 0 Å². The predicted molar refractivity (Wildman–Crippen MR) is 24.7 cm³/mol. The summed E-state index contributed by atoms with van der Waals surface area (Å²) in [6.07, 6.45) is 0. The van der Waals surface area contributed by atoms with Crippen molar-refractivity contribution in [3.8, 4) is 0 Å². The first-order chi connectivity index (χ1) is 2.45. The van der Waals surface area contributed by atoms with Gasteiger partial charge in [-0.25, -0.2) is 0 Å². The summed E-state index contributed by atoms with van der Waals surface area (Å²) in [6.45, 7) is 0. The molecule has 0 bridgehead atoms. The Labute approximate surface area is 93.0 Å². The molecule has 0 spiro atoms. The summed E-state index contributed by atoms with van der Waals surface area (Å²) in [5.41, 5.74) is 0. The minimum absolute atomic E-state index is 0. The molecule has 0 aliphatic heterocycles. The van der Waals surface area contributed by atoms with Crippen molar-refractivity contribution < 1.29 is 76.6 Å². The third kappa shape index (κ3) is 152. The maximum atomic E-state index is 9.87. The van der Waals surface area contributed by atoms with Crippen LogP contribution in [-0.4, -0.2) is 0 Å². The number of hydrogen-bond donors (Lipinski definition) is 0. The summed E-state index contributed by atoms with van der Waals surface area (Å²) in [7, 11) is -10.7. The van der Waals surface area contributed by atoms with E-state index in [1.165, 1.54) is 0 Å². The fourth-order valence-corrected chi connectivity index (χ4v) is 0. The van der Waals surface area contributed by atoms with Gasteiger partial charge in [-0.1, -0.05) is 0 Å². The Morgan fingerprint density at radius 3 is 0.667 bits per heavy atom. The van der Waals surface area contributed by atoms with E-state index in [9.17, 15) is 25.2 Å². The summed E-state index contributed by atoms with van der Waals surface area (Å²) in [4.78, 5) is 0. The van der Waals surface area contributed by atoms with Crippen LogP contribution in [0.4, 0.5) is 25.2 Å². The molecule has 0 aliphatic carbocycles. The third-order valence-electron chi connectivity index (χ3n) is 0. The zero-order chi connectivity index (χ0) is 6.41. The molecule has 0 radical (unpaired) electrons. The van der Waals surface area contributed by atoms with Gasteiger partial charge in [0.05, 0.1) is 0 Å². The van der Waals surface area contributed by atoms with Crippen LogP contribution >= 0.6 is 17.7 Å². The molecule has 0 aromatic rings. The van der Waals surface area contributed by atoms with Gasteiger partial charge in [-0.3, -0.25) is 0 Å². The van der Waals surface area contributed by atoms with Crippen LogP contribution in [0.25, 0.3) is 0 Å². The molecule has 0 saturated carbocycles. The molecule has 0 aromatic heterocycles. The Morgan fingerprint density at radius 2 is 0.667 bits per heavy atom. The van der Waals surface area contributed by atoms with Gasteiger partial charge in [0.15, 0.2) is 0 Å². The van der Waals surface area contributed by atoms with Gasteiger partial charge >= 0.3 is 84.4 Å². The first-order valence-electron chi connectivity index (χ1n) is 1.01. The van der Waals surface area contributed by atoms with Crippen molar-refractivity contribution in [2.24, 2.45) is 0 Å². The maximum absolute atomic E-state index is 10.7. The zero-order valence-electron chi connectivity index (χ0n) is 4.42. The average molecular weight is 218 g/mol. The van der Waals surface area contributed by atoms with Gasteiger partial charge in [0.25, 0.3) is 0 Å². The van der Waals surface area contributed by atoms with Crippen molar-refractivity contribution in [1.29, 1.82) is 0 Å². The number of rotatable bonds is 0. The average Bonchev–Trinajstić information content (AvgIpc) is 0.592. The zero-order valence-corrected chi connectivity index (χ0v) is 9.85. The van der Waals surface area contributed by atoms with Crippen molar-refractivity contribution in [3.05, 3.63) is 0 Å². The number of halogens is 6. The molecule has 9 heavy (non-hydrogen) atoms. The fraction of sp³-hybridized carbons (Fsp3) is 0. The van der Waals surface area contributed by atoms with E-state index in [1.807, 2.05) is 0 Å². The molecule has 9 heteroatoms. The second kappa shape index (κ2) is 2.85. The Morgan fingerprint density at radius 1 is 0.667 bits per heavy atom. The first-order valence-corrected chi connectivity index (χ1v) is 3.04. The molecule has 0 amide bonds. The molecule has 1 unspecified atom stereocenters. The van der Waals surface area contributed by atoms with Gasteiger partial charge in [0.1, 0.15) is 0 Å². The first kappa shape index (κ1) is 17.2. The van der Waals surface area contributed by atoms with Crippen molar-refractivity contribution in [3.63, 3.8) is 0 Å². The van der Waals surface area contributed by atoms with E-state index in [2.05, 4.69) is 0 Å². The molecule has 0 saturated heterocycles. The van der Waals surface area contributed by atoms with Crippen molar-refractivity contribution in [2.75, 3.05) is 0 Å². The molecule has 0 aromatic carbocycles. The molecule has 56 valence electrons. The van der Waals surface area contributed by atoms with Gasteiger partial charge in [-0.15, -0.1) is 0 Å². The van der Waals surface area contributed by atoms with Crippen LogP contribution in [0, 0.1) is 0 Å². The van der Waals surface area contributed by atoms with Gasteiger partial charge in [0.2, 0.25) is 0 Å².